The van der Waals surface area contributed by atoms with E-state index in [4.69, 9.17) is 14.9 Å². The normalized spacial score (nSPS) is 22.8. The number of hydrogen-bond acceptors (Lipinski definition) is 10. The van der Waals surface area contributed by atoms with Crippen LogP contribution in [0.25, 0.3) is 21.9 Å². The van der Waals surface area contributed by atoms with Crippen molar-refractivity contribution in [3.63, 3.8) is 0 Å². The second-order valence-electron chi connectivity index (χ2n) is 14.4. The third-order valence-corrected chi connectivity index (χ3v) is 12.6. The number of aromatic nitrogens is 2. The number of sulfonamides is 1. The Morgan fingerprint density at radius 2 is 1.87 bits per heavy atom. The molecule has 3 aliphatic rings. The molecule has 2 aromatic heterocycles. The number of benzene rings is 2. The Labute approximate surface area is 302 Å². The van der Waals surface area contributed by atoms with E-state index in [1.807, 2.05) is 60.7 Å². The van der Waals surface area contributed by atoms with Gasteiger partial charge in [-0.05, 0) is 81.0 Å². The number of nitrogens with one attached hydrogen (secondary N) is 2. The number of rotatable bonds is 16. The van der Waals surface area contributed by atoms with Gasteiger partial charge in [-0.2, -0.15) is 4.98 Å². The zero-order valence-electron chi connectivity index (χ0n) is 29.1. The number of fused-ring (bicyclic) bond motifs is 2. The van der Waals surface area contributed by atoms with Gasteiger partial charge in [-0.1, -0.05) is 55.3 Å². The van der Waals surface area contributed by atoms with E-state index in [0.29, 0.717) is 49.1 Å². The number of oxazole rings is 1. The number of amides is 3. The molecular formula is C38H44N6O7S. The average Bonchev–Trinajstić information content (AvgIpc) is 3.99. The molecule has 52 heavy (non-hydrogen) atoms. The first kappa shape index (κ1) is 35.4. The highest BCUT2D eigenvalue weighted by Crippen LogP contribution is 2.44. The summed E-state index contributed by atoms with van der Waals surface area (Å²) < 4.78 is 38.4. The van der Waals surface area contributed by atoms with Crippen molar-refractivity contribution in [3.05, 3.63) is 72.9 Å². The highest BCUT2D eigenvalue weighted by Gasteiger charge is 2.52. The van der Waals surface area contributed by atoms with Crippen LogP contribution in [0.15, 0.2) is 77.4 Å². The Morgan fingerprint density at radius 3 is 2.65 bits per heavy atom. The van der Waals surface area contributed by atoms with Gasteiger partial charge >= 0.3 is 0 Å². The number of unbranched alkanes of at least 4 members (excludes halogenated alkanes) is 3. The second-order valence-corrected chi connectivity index (χ2v) is 16.6. The molecule has 1 aliphatic heterocycles. The fourth-order valence-electron chi connectivity index (χ4n) is 6.84. The van der Waals surface area contributed by atoms with Crippen LogP contribution >= 0.6 is 0 Å². The van der Waals surface area contributed by atoms with Gasteiger partial charge in [-0.25, -0.2) is 13.4 Å². The summed E-state index contributed by atoms with van der Waals surface area (Å²) in [6.45, 7) is 1.83. The Morgan fingerprint density at radius 1 is 1.08 bits per heavy atom. The fourth-order valence-corrected chi connectivity index (χ4v) is 8.15. The number of nitrogens with two attached hydrogens (primary N) is 1. The molecule has 4 aromatic rings. The lowest BCUT2D eigenvalue weighted by Crippen LogP contribution is -2.49. The Hall–Kier alpha value is -4.98. The van der Waals surface area contributed by atoms with E-state index in [1.54, 1.807) is 19.2 Å². The number of ether oxygens (including phenoxy) is 1. The van der Waals surface area contributed by atoms with Crippen LogP contribution in [0.5, 0.6) is 5.88 Å². The molecule has 3 fully saturated rings. The summed E-state index contributed by atoms with van der Waals surface area (Å²) in [5.74, 6) is -1.13. The molecule has 274 valence electrons. The maximum atomic E-state index is 14.2. The van der Waals surface area contributed by atoms with Crippen LogP contribution in [0.1, 0.15) is 64.7 Å². The largest absolute Gasteiger partial charge is 0.472 e. The van der Waals surface area contributed by atoms with E-state index in [0.717, 1.165) is 30.0 Å². The van der Waals surface area contributed by atoms with E-state index in [-0.39, 0.29) is 36.7 Å². The molecule has 2 saturated carbocycles. The molecule has 1 saturated heterocycles. The van der Waals surface area contributed by atoms with Gasteiger partial charge in [0.05, 0.1) is 11.3 Å². The molecule has 5 atom stereocenters. The van der Waals surface area contributed by atoms with Crippen molar-refractivity contribution in [2.75, 3.05) is 11.9 Å². The lowest BCUT2D eigenvalue weighted by molar-refractivity contribution is -0.138. The van der Waals surface area contributed by atoms with E-state index >= 15 is 0 Å². The number of hydrogen-bond donors (Lipinski definition) is 3. The Kier molecular flexibility index (Phi) is 9.92. The molecule has 3 heterocycles. The van der Waals surface area contributed by atoms with Gasteiger partial charge in [-0.3, -0.25) is 19.1 Å². The first-order valence-electron chi connectivity index (χ1n) is 18.0. The van der Waals surface area contributed by atoms with Crippen LogP contribution in [-0.2, 0) is 24.4 Å². The number of carbonyl (C=O) groups is 3. The number of para-hydroxylation sites is 2. The lowest BCUT2D eigenvalue weighted by Gasteiger charge is -2.27. The van der Waals surface area contributed by atoms with Crippen LogP contribution in [0.3, 0.4) is 0 Å². The molecule has 1 unspecified atom stereocenters. The van der Waals surface area contributed by atoms with Crippen LogP contribution in [0.2, 0.25) is 0 Å². The van der Waals surface area contributed by atoms with Gasteiger partial charge < -0.3 is 25.1 Å². The molecule has 2 aliphatic carbocycles. The van der Waals surface area contributed by atoms with E-state index < -0.39 is 44.8 Å². The molecule has 2 aromatic carbocycles. The Balaban J connectivity index is 0.954. The smallest absolute Gasteiger partial charge is 0.296 e. The summed E-state index contributed by atoms with van der Waals surface area (Å²) in [5, 5.41) is 5.00. The Bertz CT molecular complexity index is 2070. The maximum absolute atomic E-state index is 14.2. The molecular weight excluding hydrogens is 685 g/mol. The van der Waals surface area contributed by atoms with Crippen LogP contribution in [-0.4, -0.2) is 70.5 Å². The summed E-state index contributed by atoms with van der Waals surface area (Å²) in [7, 11) is -3.62. The highest BCUT2D eigenvalue weighted by atomic mass is 32.2. The number of pyridine rings is 1. The van der Waals surface area contributed by atoms with Crippen LogP contribution in [0.4, 0.5) is 6.01 Å². The van der Waals surface area contributed by atoms with E-state index in [2.05, 4.69) is 20.0 Å². The zero-order chi connectivity index (χ0) is 36.5. The van der Waals surface area contributed by atoms with E-state index in [9.17, 15) is 22.8 Å². The van der Waals surface area contributed by atoms with Crippen molar-refractivity contribution < 1.29 is 32.0 Å². The van der Waals surface area contributed by atoms with Crippen molar-refractivity contribution in [2.24, 2.45) is 17.6 Å². The van der Waals surface area contributed by atoms with E-state index in [1.165, 1.54) is 4.90 Å². The van der Waals surface area contributed by atoms with Crippen molar-refractivity contribution in [2.45, 2.75) is 87.6 Å². The number of nitrogens with zero attached hydrogens (tertiary/aromatic N) is 3. The molecule has 0 bridgehead atoms. The molecule has 14 heteroatoms. The molecule has 13 nitrogen and oxygen atoms in total. The topological polar surface area (TPSA) is 187 Å². The SMILES string of the molecule is CC1(S(=O)(=O)NC(=O)[C@H]2C[C@H]2/C=C\CCCCC[C@H](Nc2nc3ccccc3o2)C(=O)N2CC(Oc3nccc4ccccc34)C[C@H]2C(N)=O)CC1. The monoisotopic (exact) mass is 728 g/mol. The van der Waals surface area contributed by atoms with Crippen molar-refractivity contribution in [1.29, 1.82) is 0 Å². The molecule has 3 amide bonds. The van der Waals surface area contributed by atoms with Gasteiger partial charge in [0, 0.05) is 23.9 Å². The summed E-state index contributed by atoms with van der Waals surface area (Å²) >= 11 is 0. The predicted octanol–water partition coefficient (Wildman–Crippen LogP) is 4.83. The molecule has 7 rings (SSSR count). The molecule has 0 radical (unpaired) electrons. The first-order valence-corrected chi connectivity index (χ1v) is 19.4. The van der Waals surface area contributed by atoms with Crippen LogP contribution < -0.4 is 20.5 Å². The third-order valence-electron chi connectivity index (χ3n) is 10.4. The minimum Gasteiger partial charge on any atom is -0.472 e. The quantitative estimate of drug-likeness (QED) is 0.107. The highest BCUT2D eigenvalue weighted by molar-refractivity contribution is 7.91. The summed E-state index contributed by atoms with van der Waals surface area (Å²) in [5.41, 5.74) is 7.07. The molecule has 0 spiro atoms. The number of carbonyl (C=O) groups excluding carboxylic acids is 3. The van der Waals surface area contributed by atoms with Gasteiger partial charge in [0.1, 0.15) is 23.7 Å². The number of anilines is 1. The summed E-state index contributed by atoms with van der Waals surface area (Å²) in [4.78, 5) is 49.8. The standard InChI is InChI=1S/C38H44N6O7S/c1-38(18-19-38)52(48,49)43-34(46)28-21-25(28)12-5-3-2-4-6-15-30(42-37-41-29-14-9-10-16-32(29)51-37)36(47)44-23-26(22-31(44)33(39)45)50-35-27-13-8-7-11-24(27)17-20-40-35/h5,7-14,16-17,20,25-26,28,30-31H,2-4,6,15,18-19,21-23H2,1H3,(H2,39,45)(H,41,42)(H,43,46)/b12-5-/t25-,26?,28+,30+,31+/m1/s1. The van der Waals surface area contributed by atoms with Crippen molar-refractivity contribution in [1.82, 2.24) is 19.6 Å². The predicted molar refractivity (Wildman–Crippen MR) is 195 cm³/mol. The summed E-state index contributed by atoms with van der Waals surface area (Å²) in [6, 6.07) is 15.6. The maximum Gasteiger partial charge on any atom is 0.296 e. The lowest BCUT2D eigenvalue weighted by atomic mass is 10.0. The van der Waals surface area contributed by atoms with Gasteiger partial charge in [0.2, 0.25) is 33.6 Å². The van der Waals surface area contributed by atoms with Gasteiger partial charge in [0.15, 0.2) is 5.58 Å². The minimum absolute atomic E-state index is 0.0487. The number of likely N-dealkylation sites (tertiary alicyclic amines) is 1. The molecule has 4 N–H and O–H groups in total. The van der Waals surface area contributed by atoms with Gasteiger partial charge in [-0.15, -0.1) is 0 Å². The third kappa shape index (κ3) is 7.76. The second kappa shape index (κ2) is 14.6. The summed E-state index contributed by atoms with van der Waals surface area (Å²) in [6.07, 6.45) is 10.9. The van der Waals surface area contributed by atoms with Gasteiger partial charge in [0.25, 0.3) is 6.01 Å². The fraction of sp³-hybridized carbons (Fsp3) is 0.447. The number of allylic oxidation sites excluding steroid dienone is 2. The van der Waals surface area contributed by atoms with Crippen molar-refractivity contribution >= 4 is 55.6 Å². The van der Waals surface area contributed by atoms with Crippen molar-refractivity contribution in [3.8, 4) is 5.88 Å². The zero-order valence-corrected chi connectivity index (χ0v) is 29.9. The average molecular weight is 729 g/mol. The minimum atomic E-state index is -3.62. The van der Waals surface area contributed by atoms with Crippen LogP contribution in [0, 0.1) is 11.8 Å². The first-order chi connectivity index (χ1) is 25.0. The number of primary amides is 1.